The first-order chi connectivity index (χ1) is 8.62. The number of amides is 1. The van der Waals surface area contributed by atoms with E-state index in [2.05, 4.69) is 4.98 Å². The Bertz CT molecular complexity index is 480. The fraction of sp³-hybridized carbons (Fsp3) is 0.538. The predicted octanol–water partition coefficient (Wildman–Crippen LogP) is 0.374. The zero-order valence-corrected chi connectivity index (χ0v) is 10.6. The summed E-state index contributed by atoms with van der Waals surface area (Å²) in [6, 6.07) is 2.01. The van der Waals surface area contributed by atoms with Crippen LogP contribution in [0, 0.1) is 0 Å². The maximum Gasteiger partial charge on any atom is 0.255 e. The summed E-state index contributed by atoms with van der Waals surface area (Å²) < 4.78 is 0. The number of aromatic nitrogens is 1. The van der Waals surface area contributed by atoms with Gasteiger partial charge in [-0.25, -0.2) is 5.01 Å². The number of pyridine rings is 1. The Balaban J connectivity index is 2.06. The summed E-state index contributed by atoms with van der Waals surface area (Å²) in [5, 5.41) is 1.86. The first kappa shape index (κ1) is 11.6. The molecule has 0 bridgehead atoms. The van der Waals surface area contributed by atoms with E-state index in [1.165, 1.54) is 0 Å². The minimum absolute atomic E-state index is 0.0663. The molecule has 5 nitrogen and oxygen atoms in total. The van der Waals surface area contributed by atoms with Crippen molar-refractivity contribution < 1.29 is 4.79 Å². The van der Waals surface area contributed by atoms with Gasteiger partial charge in [0.2, 0.25) is 0 Å². The third kappa shape index (κ3) is 1.62. The van der Waals surface area contributed by atoms with E-state index in [4.69, 9.17) is 5.84 Å². The minimum Gasteiger partial charge on any atom is -0.341 e. The van der Waals surface area contributed by atoms with Crippen molar-refractivity contribution in [1.29, 1.82) is 0 Å². The highest BCUT2D eigenvalue weighted by Gasteiger charge is 2.43. The molecule has 1 spiro atoms. The number of carbonyl (C=O) groups excluding carboxylic acids is 1. The van der Waals surface area contributed by atoms with E-state index in [0.29, 0.717) is 0 Å². The lowest BCUT2D eigenvalue weighted by Crippen LogP contribution is -2.54. The first-order valence-electron chi connectivity index (χ1n) is 6.32. The smallest absolute Gasteiger partial charge is 0.255 e. The zero-order valence-electron chi connectivity index (χ0n) is 10.6. The maximum atomic E-state index is 12.2. The van der Waals surface area contributed by atoms with Crippen LogP contribution in [-0.2, 0) is 5.41 Å². The molecule has 1 saturated heterocycles. The number of likely N-dealkylation sites (N-methyl/N-ethyl adjacent to an activating group) is 1. The van der Waals surface area contributed by atoms with Crippen molar-refractivity contribution in [1.82, 2.24) is 14.9 Å². The van der Waals surface area contributed by atoms with Crippen LogP contribution in [-0.4, -0.2) is 47.5 Å². The molecule has 3 heterocycles. The Hall–Kier alpha value is -1.46. The van der Waals surface area contributed by atoms with Crippen LogP contribution in [0.25, 0.3) is 0 Å². The minimum atomic E-state index is 0.0663. The number of hydrazine groups is 1. The quantitative estimate of drug-likeness (QED) is 0.672. The molecule has 3 rings (SSSR count). The number of carbonyl (C=O) groups is 1. The van der Waals surface area contributed by atoms with Gasteiger partial charge in [0.05, 0.1) is 5.56 Å². The summed E-state index contributed by atoms with van der Waals surface area (Å²) in [5.41, 5.74) is 1.99. The van der Waals surface area contributed by atoms with Crippen LogP contribution in [0.3, 0.4) is 0 Å². The van der Waals surface area contributed by atoms with Crippen LogP contribution in [0.1, 0.15) is 28.8 Å². The van der Waals surface area contributed by atoms with Gasteiger partial charge in [-0.05, 0) is 24.5 Å². The molecule has 0 atom stereocenters. The molecule has 5 heteroatoms. The number of nitrogens with two attached hydrogens (primary N) is 1. The summed E-state index contributed by atoms with van der Waals surface area (Å²) in [7, 11) is 1.87. The lowest BCUT2D eigenvalue weighted by atomic mass is 9.69. The van der Waals surface area contributed by atoms with Crippen LogP contribution in [0.2, 0.25) is 0 Å². The third-order valence-corrected chi connectivity index (χ3v) is 4.26. The van der Waals surface area contributed by atoms with Gasteiger partial charge in [-0.1, -0.05) is 0 Å². The normalized spacial score (nSPS) is 23.2. The Morgan fingerprint density at radius 2 is 2.11 bits per heavy atom. The van der Waals surface area contributed by atoms with Gasteiger partial charge < -0.3 is 4.90 Å². The monoisotopic (exact) mass is 246 g/mol. The van der Waals surface area contributed by atoms with Crippen LogP contribution in [0.15, 0.2) is 18.5 Å². The van der Waals surface area contributed by atoms with E-state index in [1.54, 1.807) is 12.4 Å². The van der Waals surface area contributed by atoms with Gasteiger partial charge in [-0.2, -0.15) is 0 Å². The number of nitrogens with zero attached hydrogens (tertiary/aromatic N) is 3. The fourth-order valence-corrected chi connectivity index (χ4v) is 3.22. The number of hydrogen-bond acceptors (Lipinski definition) is 4. The summed E-state index contributed by atoms with van der Waals surface area (Å²) in [6.45, 7) is 2.55. The Kier molecular flexibility index (Phi) is 2.60. The van der Waals surface area contributed by atoms with Gasteiger partial charge in [0, 0.05) is 44.5 Å². The summed E-state index contributed by atoms with van der Waals surface area (Å²) in [6.07, 6.45) is 5.48. The third-order valence-electron chi connectivity index (χ3n) is 4.26. The van der Waals surface area contributed by atoms with Crippen molar-refractivity contribution in [2.45, 2.75) is 18.3 Å². The van der Waals surface area contributed by atoms with E-state index >= 15 is 0 Å². The fourth-order valence-electron chi connectivity index (χ4n) is 3.22. The van der Waals surface area contributed by atoms with Crippen LogP contribution in [0.5, 0.6) is 0 Å². The first-order valence-corrected chi connectivity index (χ1v) is 6.32. The molecule has 0 radical (unpaired) electrons. The van der Waals surface area contributed by atoms with E-state index in [1.807, 2.05) is 23.0 Å². The highest BCUT2D eigenvalue weighted by atomic mass is 16.2. The number of piperidine rings is 1. The molecule has 0 saturated carbocycles. The topological polar surface area (TPSA) is 62.5 Å². The van der Waals surface area contributed by atoms with Gasteiger partial charge in [-0.3, -0.25) is 15.6 Å². The Labute approximate surface area is 107 Å². The molecule has 0 unspecified atom stereocenters. The SMILES string of the molecule is CN1CC2(CCN(N)CC2)c2ccncc2C1=O. The van der Waals surface area contributed by atoms with Crippen molar-refractivity contribution in [3.8, 4) is 0 Å². The van der Waals surface area contributed by atoms with Crippen molar-refractivity contribution in [3.05, 3.63) is 29.6 Å². The molecule has 2 aliphatic heterocycles. The number of hydrogen-bond donors (Lipinski definition) is 1. The molecular weight excluding hydrogens is 228 g/mol. The van der Waals surface area contributed by atoms with E-state index in [9.17, 15) is 4.79 Å². The molecule has 1 aromatic rings. The summed E-state index contributed by atoms with van der Waals surface area (Å²) in [4.78, 5) is 18.1. The molecule has 0 aliphatic carbocycles. The average molecular weight is 246 g/mol. The van der Waals surface area contributed by atoms with Crippen LogP contribution in [0.4, 0.5) is 0 Å². The Morgan fingerprint density at radius 3 is 2.83 bits per heavy atom. The zero-order chi connectivity index (χ0) is 12.8. The predicted molar refractivity (Wildman–Crippen MR) is 67.9 cm³/mol. The summed E-state index contributed by atoms with van der Waals surface area (Å²) >= 11 is 0. The second kappa shape index (κ2) is 4.03. The Morgan fingerprint density at radius 1 is 1.39 bits per heavy atom. The molecule has 1 fully saturated rings. The second-order valence-corrected chi connectivity index (χ2v) is 5.40. The molecule has 18 heavy (non-hydrogen) atoms. The molecule has 2 aliphatic rings. The lowest BCUT2D eigenvalue weighted by molar-refractivity contribution is 0.0640. The number of rotatable bonds is 0. The molecule has 2 N–H and O–H groups in total. The molecule has 1 aromatic heterocycles. The largest absolute Gasteiger partial charge is 0.341 e. The van der Waals surface area contributed by atoms with Crippen LogP contribution < -0.4 is 5.84 Å². The van der Waals surface area contributed by atoms with Crippen molar-refractivity contribution >= 4 is 5.91 Å². The highest BCUT2D eigenvalue weighted by Crippen LogP contribution is 2.40. The van der Waals surface area contributed by atoms with Gasteiger partial charge >= 0.3 is 0 Å². The molecule has 1 amide bonds. The molecular formula is C13H18N4O. The second-order valence-electron chi connectivity index (χ2n) is 5.40. The standard InChI is InChI=1S/C13H18N4O/c1-16-9-13(3-6-17(14)7-4-13)11-2-5-15-8-10(11)12(16)18/h2,5,8H,3-4,6-7,9,14H2,1H3. The van der Waals surface area contributed by atoms with Gasteiger partial charge in [0.15, 0.2) is 0 Å². The lowest BCUT2D eigenvalue weighted by Gasteiger charge is -2.46. The van der Waals surface area contributed by atoms with E-state index < -0.39 is 0 Å². The molecule has 0 aromatic carbocycles. The van der Waals surface area contributed by atoms with Gasteiger partial charge in [0.25, 0.3) is 5.91 Å². The maximum absolute atomic E-state index is 12.2. The van der Waals surface area contributed by atoms with Gasteiger partial charge in [0.1, 0.15) is 0 Å². The van der Waals surface area contributed by atoms with Crippen molar-refractivity contribution in [2.24, 2.45) is 5.84 Å². The van der Waals surface area contributed by atoms with E-state index in [0.717, 1.165) is 43.6 Å². The van der Waals surface area contributed by atoms with Crippen LogP contribution >= 0.6 is 0 Å². The molecule has 96 valence electrons. The van der Waals surface area contributed by atoms with E-state index in [-0.39, 0.29) is 11.3 Å². The highest BCUT2D eigenvalue weighted by molar-refractivity contribution is 5.97. The van der Waals surface area contributed by atoms with Crippen molar-refractivity contribution in [2.75, 3.05) is 26.7 Å². The van der Waals surface area contributed by atoms with Gasteiger partial charge in [-0.15, -0.1) is 0 Å². The number of fused-ring (bicyclic) bond motifs is 2. The summed E-state index contributed by atoms with van der Waals surface area (Å²) in [5.74, 6) is 5.93. The van der Waals surface area contributed by atoms with Crippen molar-refractivity contribution in [3.63, 3.8) is 0 Å². The average Bonchev–Trinajstić information content (AvgIpc) is 2.40.